The third-order valence-corrected chi connectivity index (χ3v) is 4.42. The van der Waals surface area contributed by atoms with Crippen LogP contribution in [0.15, 0.2) is 54.6 Å². The number of carbonyl (C=O) groups is 2. The molecule has 0 fully saturated rings. The molecular weight excluding hydrogens is 354 g/mol. The van der Waals surface area contributed by atoms with Crippen LogP contribution in [0.3, 0.4) is 0 Å². The zero-order valence-corrected chi connectivity index (χ0v) is 16.9. The molecule has 28 heavy (non-hydrogen) atoms. The maximum atomic E-state index is 12.5. The van der Waals surface area contributed by atoms with Crippen molar-refractivity contribution in [2.24, 2.45) is 0 Å². The van der Waals surface area contributed by atoms with Gasteiger partial charge in [-0.2, -0.15) is 0 Å². The maximum Gasteiger partial charge on any atom is 0.331 e. The van der Waals surface area contributed by atoms with Crippen LogP contribution in [-0.2, 0) is 9.53 Å². The number of esters is 1. The molecule has 2 rings (SSSR count). The predicted octanol–water partition coefficient (Wildman–Crippen LogP) is 4.17. The van der Waals surface area contributed by atoms with E-state index in [0.717, 1.165) is 11.1 Å². The third kappa shape index (κ3) is 5.22. The van der Waals surface area contributed by atoms with Crippen molar-refractivity contribution >= 4 is 17.4 Å². The molecule has 5 heteroatoms. The van der Waals surface area contributed by atoms with Crippen LogP contribution < -0.4 is 4.74 Å². The fourth-order valence-electron chi connectivity index (χ4n) is 2.91. The molecule has 0 aromatic heterocycles. The van der Waals surface area contributed by atoms with Gasteiger partial charge in [-0.3, -0.25) is 4.79 Å². The molecule has 0 aliphatic rings. The van der Waals surface area contributed by atoms with E-state index in [4.69, 9.17) is 9.47 Å². The SMILES string of the molecule is CCOC(=O)/C=C(/c1ccc(C(=O)N(CC)CC)cc1)c1cccc(OC)c1. The second kappa shape index (κ2) is 10.3. The largest absolute Gasteiger partial charge is 0.497 e. The lowest BCUT2D eigenvalue weighted by Crippen LogP contribution is -2.30. The molecule has 0 heterocycles. The summed E-state index contributed by atoms with van der Waals surface area (Å²) in [7, 11) is 1.60. The highest BCUT2D eigenvalue weighted by atomic mass is 16.5. The van der Waals surface area contributed by atoms with Gasteiger partial charge >= 0.3 is 5.97 Å². The van der Waals surface area contributed by atoms with E-state index in [0.29, 0.717) is 36.6 Å². The topological polar surface area (TPSA) is 55.8 Å². The first kappa shape index (κ1) is 21.2. The summed E-state index contributed by atoms with van der Waals surface area (Å²) in [6, 6.07) is 14.7. The quantitative estimate of drug-likeness (QED) is 0.509. The Hall–Kier alpha value is -3.08. The van der Waals surface area contributed by atoms with E-state index in [1.165, 1.54) is 6.08 Å². The van der Waals surface area contributed by atoms with Gasteiger partial charge in [-0.15, -0.1) is 0 Å². The molecular formula is C23H27NO4. The number of rotatable bonds is 8. The van der Waals surface area contributed by atoms with Gasteiger partial charge in [0.2, 0.25) is 0 Å². The fraction of sp³-hybridized carbons (Fsp3) is 0.304. The second-order valence-electron chi connectivity index (χ2n) is 6.10. The molecule has 0 atom stereocenters. The molecule has 2 aromatic rings. The van der Waals surface area contributed by atoms with Gasteiger partial charge in [0, 0.05) is 24.7 Å². The molecule has 0 spiro atoms. The van der Waals surface area contributed by atoms with Crippen molar-refractivity contribution in [3.63, 3.8) is 0 Å². The normalized spacial score (nSPS) is 11.1. The zero-order chi connectivity index (χ0) is 20.5. The Balaban J connectivity index is 2.43. The second-order valence-corrected chi connectivity index (χ2v) is 6.10. The van der Waals surface area contributed by atoms with E-state index >= 15 is 0 Å². The summed E-state index contributed by atoms with van der Waals surface area (Å²) in [6.07, 6.45) is 1.47. The van der Waals surface area contributed by atoms with Gasteiger partial charge in [-0.1, -0.05) is 24.3 Å². The Morgan fingerprint density at radius 2 is 1.57 bits per heavy atom. The Kier molecular flexibility index (Phi) is 7.81. The van der Waals surface area contributed by atoms with Gasteiger partial charge in [0.25, 0.3) is 5.91 Å². The van der Waals surface area contributed by atoms with Crippen LogP contribution in [0.1, 0.15) is 42.3 Å². The summed E-state index contributed by atoms with van der Waals surface area (Å²) in [5.74, 6) is 0.276. The van der Waals surface area contributed by atoms with Crippen molar-refractivity contribution in [1.82, 2.24) is 4.90 Å². The van der Waals surface area contributed by atoms with Crippen molar-refractivity contribution in [3.05, 3.63) is 71.3 Å². The highest BCUT2D eigenvalue weighted by Crippen LogP contribution is 2.27. The average molecular weight is 381 g/mol. The minimum absolute atomic E-state index is 0.00569. The monoisotopic (exact) mass is 381 g/mol. The van der Waals surface area contributed by atoms with Gasteiger partial charge in [-0.05, 0) is 61.7 Å². The summed E-state index contributed by atoms with van der Waals surface area (Å²) in [5, 5.41) is 0. The first-order chi connectivity index (χ1) is 13.5. The summed E-state index contributed by atoms with van der Waals surface area (Å²) < 4.78 is 10.4. The van der Waals surface area contributed by atoms with Crippen molar-refractivity contribution in [2.75, 3.05) is 26.8 Å². The van der Waals surface area contributed by atoms with Crippen LogP contribution in [0.4, 0.5) is 0 Å². The Bertz CT molecular complexity index is 836. The van der Waals surface area contributed by atoms with Crippen LogP contribution >= 0.6 is 0 Å². The van der Waals surface area contributed by atoms with Crippen molar-refractivity contribution in [3.8, 4) is 5.75 Å². The number of amides is 1. The summed E-state index contributed by atoms with van der Waals surface area (Å²) >= 11 is 0. The standard InChI is InChI=1S/C23H27NO4/c1-5-24(6-2)23(26)18-13-11-17(12-14-18)21(16-22(25)28-7-3)19-9-8-10-20(15-19)27-4/h8-16H,5-7H2,1-4H3/b21-16-. The smallest absolute Gasteiger partial charge is 0.331 e. The average Bonchev–Trinajstić information content (AvgIpc) is 2.73. The maximum absolute atomic E-state index is 12.5. The first-order valence-corrected chi connectivity index (χ1v) is 9.46. The fourth-order valence-corrected chi connectivity index (χ4v) is 2.91. The minimum Gasteiger partial charge on any atom is -0.497 e. The molecule has 1 amide bonds. The van der Waals surface area contributed by atoms with E-state index in [2.05, 4.69) is 0 Å². The number of benzene rings is 2. The van der Waals surface area contributed by atoms with Crippen LogP contribution in [-0.4, -0.2) is 43.6 Å². The lowest BCUT2D eigenvalue weighted by Gasteiger charge is -2.19. The van der Waals surface area contributed by atoms with Crippen molar-refractivity contribution < 1.29 is 19.1 Å². The third-order valence-electron chi connectivity index (χ3n) is 4.42. The molecule has 0 N–H and O–H groups in total. The van der Waals surface area contributed by atoms with Crippen LogP contribution in [0, 0.1) is 0 Å². The molecule has 0 aliphatic carbocycles. The highest BCUT2D eigenvalue weighted by Gasteiger charge is 2.14. The molecule has 5 nitrogen and oxygen atoms in total. The van der Waals surface area contributed by atoms with E-state index in [1.54, 1.807) is 31.1 Å². The molecule has 0 saturated heterocycles. The van der Waals surface area contributed by atoms with Crippen molar-refractivity contribution in [1.29, 1.82) is 0 Å². The number of hydrogen-bond donors (Lipinski definition) is 0. The summed E-state index contributed by atoms with van der Waals surface area (Å²) in [6.45, 7) is 7.31. The van der Waals surface area contributed by atoms with E-state index in [9.17, 15) is 9.59 Å². The minimum atomic E-state index is -0.413. The Morgan fingerprint density at radius 1 is 0.929 bits per heavy atom. The molecule has 0 unspecified atom stereocenters. The Labute approximate surface area is 166 Å². The summed E-state index contributed by atoms with van der Waals surface area (Å²) in [4.78, 5) is 26.4. The molecule has 0 aliphatic heterocycles. The highest BCUT2D eigenvalue weighted by molar-refractivity contribution is 5.98. The zero-order valence-electron chi connectivity index (χ0n) is 16.9. The first-order valence-electron chi connectivity index (χ1n) is 9.46. The van der Waals surface area contributed by atoms with Crippen molar-refractivity contribution in [2.45, 2.75) is 20.8 Å². The van der Waals surface area contributed by atoms with Gasteiger partial charge in [0.1, 0.15) is 5.75 Å². The predicted molar refractivity (Wildman–Crippen MR) is 110 cm³/mol. The van der Waals surface area contributed by atoms with E-state index in [-0.39, 0.29) is 5.91 Å². The molecule has 2 aromatic carbocycles. The lowest BCUT2D eigenvalue weighted by molar-refractivity contribution is -0.137. The molecule has 0 radical (unpaired) electrons. The number of carbonyl (C=O) groups excluding carboxylic acids is 2. The van der Waals surface area contributed by atoms with Gasteiger partial charge in [0.05, 0.1) is 13.7 Å². The van der Waals surface area contributed by atoms with E-state index in [1.807, 2.05) is 50.2 Å². The lowest BCUT2D eigenvalue weighted by atomic mass is 9.96. The molecule has 0 bridgehead atoms. The number of ether oxygens (including phenoxy) is 2. The molecule has 148 valence electrons. The van der Waals surface area contributed by atoms with Crippen LogP contribution in [0.25, 0.3) is 5.57 Å². The van der Waals surface area contributed by atoms with Crippen LogP contribution in [0.2, 0.25) is 0 Å². The van der Waals surface area contributed by atoms with Crippen LogP contribution in [0.5, 0.6) is 5.75 Å². The van der Waals surface area contributed by atoms with Gasteiger partial charge in [0.15, 0.2) is 0 Å². The summed E-state index contributed by atoms with van der Waals surface area (Å²) in [5.41, 5.74) is 2.97. The number of methoxy groups -OCH3 is 1. The van der Waals surface area contributed by atoms with E-state index < -0.39 is 5.97 Å². The molecule has 0 saturated carbocycles. The van der Waals surface area contributed by atoms with Gasteiger partial charge < -0.3 is 14.4 Å². The number of hydrogen-bond acceptors (Lipinski definition) is 4. The Morgan fingerprint density at radius 3 is 2.14 bits per heavy atom. The van der Waals surface area contributed by atoms with Gasteiger partial charge in [-0.25, -0.2) is 4.79 Å². The number of nitrogens with zero attached hydrogens (tertiary/aromatic N) is 1.